The molecule has 2 nitrogen and oxygen atoms in total. The van der Waals surface area contributed by atoms with E-state index in [-0.39, 0.29) is 5.24 Å². The smallest absolute Gasteiger partial charge is 0.278 e. The van der Waals surface area contributed by atoms with Crippen molar-refractivity contribution in [2.75, 3.05) is 13.1 Å². The summed E-state index contributed by atoms with van der Waals surface area (Å²) >= 11 is 3.88. The Morgan fingerprint density at radius 3 is 2.54 bits per heavy atom. The predicted octanol–water partition coefficient (Wildman–Crippen LogP) is 2.55. The second kappa shape index (κ2) is 3.91. The molecule has 0 aromatic carbocycles. The molecule has 74 valence electrons. The number of hydrogen-bond acceptors (Lipinski definition) is 1. The Labute approximate surface area is 85.1 Å². The molecule has 13 heavy (non-hydrogen) atoms. The maximum Gasteiger partial charge on any atom is 0.278 e. The molecule has 1 heterocycles. The molecule has 0 bridgehead atoms. The van der Waals surface area contributed by atoms with Gasteiger partial charge >= 0.3 is 0 Å². The van der Waals surface area contributed by atoms with Gasteiger partial charge in [-0.1, -0.05) is 31.9 Å². The van der Waals surface area contributed by atoms with Crippen LogP contribution in [0.2, 0.25) is 0 Å². The maximum atomic E-state index is 11.1. The highest BCUT2D eigenvalue weighted by molar-refractivity contribution is 7.96. The quantitative estimate of drug-likeness (QED) is 0.594. The number of piperidine rings is 1. The minimum Gasteiger partial charge on any atom is -0.334 e. The van der Waals surface area contributed by atoms with Gasteiger partial charge in [0.05, 0.1) is 0 Å². The third-order valence-corrected chi connectivity index (χ3v) is 3.84. The van der Waals surface area contributed by atoms with E-state index < -0.39 is 0 Å². The predicted molar refractivity (Wildman–Crippen MR) is 56.0 cm³/mol. The van der Waals surface area contributed by atoms with Gasteiger partial charge in [-0.05, 0) is 24.7 Å². The molecular weight excluding hydrogens is 182 g/mol. The normalized spacial score (nSPS) is 34.1. The zero-order chi connectivity index (χ0) is 9.26. The van der Waals surface area contributed by atoms with Crippen molar-refractivity contribution in [1.29, 1.82) is 0 Å². The van der Waals surface area contributed by atoms with Crippen LogP contribution in [0.4, 0.5) is 4.79 Å². The van der Waals surface area contributed by atoms with Crippen molar-refractivity contribution in [3.8, 4) is 0 Å². The van der Waals surface area contributed by atoms with Crippen LogP contribution in [0.15, 0.2) is 0 Å². The summed E-state index contributed by atoms with van der Waals surface area (Å²) in [6, 6.07) is 0. The Hall–Kier alpha value is -0.180. The van der Waals surface area contributed by atoms with Crippen molar-refractivity contribution in [3.05, 3.63) is 0 Å². The monoisotopic (exact) mass is 199 g/mol. The molecule has 1 amide bonds. The number of thiol groups is 1. The minimum atomic E-state index is -0.0379. The summed E-state index contributed by atoms with van der Waals surface area (Å²) in [5, 5.41) is -0.0379. The van der Waals surface area contributed by atoms with E-state index in [0.717, 1.165) is 24.9 Å². The van der Waals surface area contributed by atoms with Crippen LogP contribution in [0.25, 0.3) is 0 Å². The molecule has 1 saturated carbocycles. The molecule has 3 heteroatoms. The summed E-state index contributed by atoms with van der Waals surface area (Å²) in [4.78, 5) is 13.0. The number of likely N-dealkylation sites (tertiary alicyclic amines) is 1. The van der Waals surface area contributed by atoms with Crippen LogP contribution in [0.3, 0.4) is 0 Å². The average molecular weight is 199 g/mol. The van der Waals surface area contributed by atoms with Crippen molar-refractivity contribution < 1.29 is 4.79 Å². The fourth-order valence-corrected chi connectivity index (χ4v) is 2.96. The Morgan fingerprint density at radius 2 is 1.85 bits per heavy atom. The molecule has 0 spiro atoms. The number of nitrogens with zero attached hydrogens (tertiary/aromatic N) is 1. The van der Waals surface area contributed by atoms with Gasteiger partial charge in [-0.2, -0.15) is 0 Å². The lowest BCUT2D eigenvalue weighted by molar-refractivity contribution is 0.113. The van der Waals surface area contributed by atoms with Gasteiger partial charge in [-0.3, -0.25) is 4.79 Å². The van der Waals surface area contributed by atoms with E-state index in [9.17, 15) is 4.79 Å². The molecule has 0 aromatic rings. The number of carbonyl (C=O) groups excluding carboxylic acids is 1. The van der Waals surface area contributed by atoms with Crippen LogP contribution in [0, 0.1) is 11.8 Å². The Balaban J connectivity index is 1.95. The van der Waals surface area contributed by atoms with E-state index in [0.29, 0.717) is 0 Å². The standard InChI is InChI=1S/C10H17NOS/c12-10(13)11-6-5-8-3-1-2-4-9(8)7-11/h8-9H,1-7H2,(H,12,13). The van der Waals surface area contributed by atoms with Gasteiger partial charge in [-0.25, -0.2) is 0 Å². The Morgan fingerprint density at radius 1 is 1.15 bits per heavy atom. The highest BCUT2D eigenvalue weighted by Crippen LogP contribution is 2.36. The molecule has 0 N–H and O–H groups in total. The SMILES string of the molecule is O=C(S)N1CCC2CCCCC2C1. The maximum absolute atomic E-state index is 11.1. The van der Waals surface area contributed by atoms with Crippen LogP contribution in [0.5, 0.6) is 0 Å². The number of amides is 1. The molecule has 2 aliphatic rings. The van der Waals surface area contributed by atoms with Crippen LogP contribution in [0.1, 0.15) is 32.1 Å². The van der Waals surface area contributed by atoms with E-state index in [1.165, 1.54) is 32.1 Å². The Kier molecular flexibility index (Phi) is 2.82. The minimum absolute atomic E-state index is 0.0379. The first-order valence-corrected chi connectivity index (χ1v) is 5.70. The lowest BCUT2D eigenvalue weighted by atomic mass is 9.75. The van der Waals surface area contributed by atoms with Crippen molar-refractivity contribution in [3.63, 3.8) is 0 Å². The van der Waals surface area contributed by atoms with Gasteiger partial charge in [0.25, 0.3) is 5.24 Å². The fraction of sp³-hybridized carbons (Fsp3) is 0.900. The molecular formula is C10H17NOS. The topological polar surface area (TPSA) is 20.3 Å². The van der Waals surface area contributed by atoms with Gasteiger partial charge < -0.3 is 4.90 Å². The lowest BCUT2D eigenvalue weighted by Gasteiger charge is -2.40. The molecule has 1 aliphatic carbocycles. The van der Waals surface area contributed by atoms with Gasteiger partial charge in [0.1, 0.15) is 0 Å². The average Bonchev–Trinajstić information content (AvgIpc) is 2.17. The highest BCUT2D eigenvalue weighted by Gasteiger charge is 2.31. The van der Waals surface area contributed by atoms with Crippen LogP contribution >= 0.6 is 12.6 Å². The van der Waals surface area contributed by atoms with Crippen molar-refractivity contribution in [2.45, 2.75) is 32.1 Å². The van der Waals surface area contributed by atoms with E-state index >= 15 is 0 Å². The second-order valence-corrected chi connectivity index (χ2v) is 4.70. The lowest BCUT2D eigenvalue weighted by Crippen LogP contribution is -2.42. The fourth-order valence-electron chi connectivity index (χ4n) is 2.77. The molecule has 0 radical (unpaired) electrons. The van der Waals surface area contributed by atoms with Crippen LogP contribution in [-0.2, 0) is 0 Å². The molecule has 1 saturated heterocycles. The molecule has 2 atom stereocenters. The molecule has 2 fully saturated rings. The van der Waals surface area contributed by atoms with E-state index in [1.54, 1.807) is 0 Å². The largest absolute Gasteiger partial charge is 0.334 e. The zero-order valence-corrected chi connectivity index (χ0v) is 8.80. The number of carbonyl (C=O) groups is 1. The summed E-state index contributed by atoms with van der Waals surface area (Å²) < 4.78 is 0. The third kappa shape index (κ3) is 2.01. The van der Waals surface area contributed by atoms with Crippen LogP contribution < -0.4 is 0 Å². The summed E-state index contributed by atoms with van der Waals surface area (Å²) in [6.07, 6.45) is 6.67. The summed E-state index contributed by atoms with van der Waals surface area (Å²) in [6.45, 7) is 1.90. The molecule has 2 unspecified atom stereocenters. The van der Waals surface area contributed by atoms with E-state index in [1.807, 2.05) is 4.90 Å². The van der Waals surface area contributed by atoms with E-state index in [4.69, 9.17) is 0 Å². The van der Waals surface area contributed by atoms with Crippen molar-refractivity contribution in [2.24, 2.45) is 11.8 Å². The highest BCUT2D eigenvalue weighted by atomic mass is 32.1. The molecule has 0 aromatic heterocycles. The molecule has 2 rings (SSSR count). The van der Waals surface area contributed by atoms with Crippen molar-refractivity contribution in [1.82, 2.24) is 4.90 Å². The van der Waals surface area contributed by atoms with E-state index in [2.05, 4.69) is 12.6 Å². The van der Waals surface area contributed by atoms with Gasteiger partial charge in [0.2, 0.25) is 0 Å². The first kappa shape index (κ1) is 9.38. The first-order chi connectivity index (χ1) is 6.27. The Bertz CT molecular complexity index is 207. The molecule has 1 aliphatic heterocycles. The van der Waals surface area contributed by atoms with Crippen LogP contribution in [-0.4, -0.2) is 23.2 Å². The number of hydrogen-bond donors (Lipinski definition) is 1. The number of rotatable bonds is 0. The van der Waals surface area contributed by atoms with Crippen molar-refractivity contribution >= 4 is 17.9 Å². The summed E-state index contributed by atoms with van der Waals surface area (Å²) in [7, 11) is 0. The number of fused-ring (bicyclic) bond motifs is 1. The summed E-state index contributed by atoms with van der Waals surface area (Å²) in [5.41, 5.74) is 0. The van der Waals surface area contributed by atoms with Gasteiger partial charge in [0.15, 0.2) is 0 Å². The first-order valence-electron chi connectivity index (χ1n) is 5.25. The second-order valence-electron chi connectivity index (χ2n) is 4.32. The zero-order valence-electron chi connectivity index (χ0n) is 7.91. The summed E-state index contributed by atoms with van der Waals surface area (Å²) in [5.74, 6) is 1.68. The van der Waals surface area contributed by atoms with Gasteiger partial charge in [0, 0.05) is 13.1 Å². The third-order valence-electron chi connectivity index (χ3n) is 3.56. The van der Waals surface area contributed by atoms with Gasteiger partial charge in [-0.15, -0.1) is 0 Å².